The number of nitrogens with one attached hydrogen (secondary N) is 2. The van der Waals surface area contributed by atoms with Crippen LogP contribution in [0.5, 0.6) is 5.75 Å². The number of carbonyl (C=O) groups excluding carboxylic acids is 1. The van der Waals surface area contributed by atoms with Gasteiger partial charge in [0.05, 0.1) is 6.61 Å². The minimum atomic E-state index is 0.00436. The fraction of sp³-hybridized carbons (Fsp3) is 0.333. The number of benzene rings is 2. The molecule has 0 aliphatic heterocycles. The molecule has 144 valence electrons. The zero-order valence-corrected chi connectivity index (χ0v) is 16.2. The molecule has 2 N–H and O–H groups in total. The van der Waals surface area contributed by atoms with Crippen molar-refractivity contribution in [3.63, 3.8) is 0 Å². The first-order valence-corrected chi connectivity index (χ1v) is 9.03. The number of carbonyl (C=O) groups is 1. The van der Waals surface area contributed by atoms with Gasteiger partial charge in [0.2, 0.25) is 0 Å². The van der Waals surface area contributed by atoms with E-state index in [4.69, 9.17) is 4.74 Å². The Morgan fingerprint density at radius 1 is 1.04 bits per heavy atom. The smallest absolute Gasteiger partial charge is 0.253 e. The second-order valence-corrected chi connectivity index (χ2v) is 6.26. The monoisotopic (exact) mass is 368 g/mol. The molecule has 0 fully saturated rings. The summed E-state index contributed by atoms with van der Waals surface area (Å²) in [5.41, 5.74) is 1.77. The summed E-state index contributed by atoms with van der Waals surface area (Å²) in [5, 5.41) is 6.54. The maximum atomic E-state index is 11.9. The maximum Gasteiger partial charge on any atom is 0.253 e. The van der Waals surface area contributed by atoms with E-state index < -0.39 is 0 Å². The lowest BCUT2D eigenvalue weighted by Gasteiger charge is -2.13. The summed E-state index contributed by atoms with van der Waals surface area (Å²) >= 11 is 0. The first-order chi connectivity index (χ1) is 13.1. The van der Waals surface area contributed by atoms with Crippen LogP contribution in [0.2, 0.25) is 0 Å². The fourth-order valence-corrected chi connectivity index (χ4v) is 2.42. The second kappa shape index (κ2) is 10.9. The van der Waals surface area contributed by atoms with Crippen LogP contribution in [0.15, 0.2) is 59.6 Å². The van der Waals surface area contributed by atoms with E-state index in [0.29, 0.717) is 18.7 Å². The van der Waals surface area contributed by atoms with Crippen molar-refractivity contribution in [1.29, 1.82) is 0 Å². The fourth-order valence-electron chi connectivity index (χ4n) is 2.42. The highest BCUT2D eigenvalue weighted by Gasteiger charge is 2.07. The molecule has 0 bridgehead atoms. The molecular formula is C21H28N4O2. The lowest BCUT2D eigenvalue weighted by atomic mass is 10.1. The van der Waals surface area contributed by atoms with Crippen LogP contribution >= 0.6 is 0 Å². The number of hydrogen-bond acceptors (Lipinski definition) is 3. The van der Waals surface area contributed by atoms with Crippen LogP contribution in [-0.4, -0.2) is 51.1 Å². The second-order valence-electron chi connectivity index (χ2n) is 6.26. The van der Waals surface area contributed by atoms with Gasteiger partial charge in [-0.05, 0) is 36.2 Å². The zero-order valence-electron chi connectivity index (χ0n) is 16.2. The molecule has 2 aromatic carbocycles. The molecule has 0 aliphatic rings. The molecule has 2 rings (SSSR count). The molecule has 0 saturated heterocycles. The third-order valence-electron chi connectivity index (χ3n) is 3.92. The normalized spacial score (nSPS) is 11.0. The molecule has 6 heteroatoms. The summed E-state index contributed by atoms with van der Waals surface area (Å²) in [6, 6.07) is 17.4. The summed E-state index contributed by atoms with van der Waals surface area (Å²) in [4.78, 5) is 17.7. The number of nitrogens with zero attached hydrogens (tertiary/aromatic N) is 2. The first kappa shape index (κ1) is 20.3. The molecule has 0 aliphatic carbocycles. The molecular weight excluding hydrogens is 340 g/mol. The van der Waals surface area contributed by atoms with Crippen LogP contribution < -0.4 is 15.4 Å². The molecule has 0 atom stereocenters. The van der Waals surface area contributed by atoms with Crippen LogP contribution in [0.25, 0.3) is 0 Å². The quantitative estimate of drug-likeness (QED) is 0.427. The van der Waals surface area contributed by atoms with Gasteiger partial charge in [0.1, 0.15) is 5.75 Å². The van der Waals surface area contributed by atoms with Gasteiger partial charge in [-0.1, -0.05) is 30.3 Å². The number of rotatable bonds is 8. The number of amides is 1. The Morgan fingerprint density at radius 3 is 2.37 bits per heavy atom. The van der Waals surface area contributed by atoms with Crippen LogP contribution in [-0.2, 0) is 6.54 Å². The third kappa shape index (κ3) is 7.01. The van der Waals surface area contributed by atoms with E-state index in [1.807, 2.05) is 54.6 Å². The Labute approximate surface area is 161 Å². The topological polar surface area (TPSA) is 66.0 Å². The van der Waals surface area contributed by atoms with E-state index in [1.54, 1.807) is 26.0 Å². The molecule has 0 heterocycles. The zero-order chi connectivity index (χ0) is 19.5. The molecule has 2 aromatic rings. The van der Waals surface area contributed by atoms with Crippen molar-refractivity contribution in [3.05, 3.63) is 65.7 Å². The summed E-state index contributed by atoms with van der Waals surface area (Å²) in [5.74, 6) is 1.63. The van der Waals surface area contributed by atoms with Gasteiger partial charge in [-0.25, -0.2) is 0 Å². The number of hydrogen-bond donors (Lipinski definition) is 2. The number of guanidine groups is 1. The highest BCUT2D eigenvalue weighted by atomic mass is 16.5. The number of ether oxygens (including phenoxy) is 1. The van der Waals surface area contributed by atoms with Crippen LogP contribution in [0.4, 0.5) is 0 Å². The van der Waals surface area contributed by atoms with E-state index in [9.17, 15) is 4.79 Å². The minimum absolute atomic E-state index is 0.00436. The van der Waals surface area contributed by atoms with Gasteiger partial charge in [-0.3, -0.25) is 9.79 Å². The Bertz CT molecular complexity index is 728. The Balaban J connectivity index is 1.68. The molecule has 1 amide bonds. The maximum absolute atomic E-state index is 11.9. The summed E-state index contributed by atoms with van der Waals surface area (Å²) in [6.07, 6.45) is 0.872. The van der Waals surface area contributed by atoms with Gasteiger partial charge in [0.15, 0.2) is 5.96 Å². The SMILES string of the molecule is CN=C(NCCCOc1ccccc1)NCc1ccc(C(=O)N(C)C)cc1. The van der Waals surface area contributed by atoms with Crippen molar-refractivity contribution in [1.82, 2.24) is 15.5 Å². The van der Waals surface area contributed by atoms with Crippen molar-refractivity contribution in [2.24, 2.45) is 4.99 Å². The van der Waals surface area contributed by atoms with E-state index >= 15 is 0 Å². The van der Waals surface area contributed by atoms with Gasteiger partial charge < -0.3 is 20.3 Å². The van der Waals surface area contributed by atoms with Gasteiger partial charge in [0, 0.05) is 39.8 Å². The van der Waals surface area contributed by atoms with Crippen LogP contribution in [0, 0.1) is 0 Å². The molecule has 0 spiro atoms. The largest absolute Gasteiger partial charge is 0.494 e. The number of aliphatic imine (C=N–C) groups is 1. The molecule has 0 unspecified atom stereocenters. The standard InChI is InChI=1S/C21H28N4O2/c1-22-21(23-14-7-15-27-19-8-5-4-6-9-19)24-16-17-10-12-18(13-11-17)20(26)25(2)3/h4-6,8-13H,7,14-16H2,1-3H3,(H2,22,23,24). The average molecular weight is 368 g/mol. The highest BCUT2D eigenvalue weighted by Crippen LogP contribution is 2.08. The summed E-state index contributed by atoms with van der Waals surface area (Å²) in [7, 11) is 5.24. The van der Waals surface area contributed by atoms with Crippen molar-refractivity contribution < 1.29 is 9.53 Å². The Morgan fingerprint density at radius 2 is 1.74 bits per heavy atom. The summed E-state index contributed by atoms with van der Waals surface area (Å²) in [6.45, 7) is 2.05. The molecule has 0 saturated carbocycles. The van der Waals surface area contributed by atoms with E-state index in [0.717, 1.165) is 30.2 Å². The molecule has 27 heavy (non-hydrogen) atoms. The van der Waals surface area contributed by atoms with Gasteiger partial charge in [0.25, 0.3) is 5.91 Å². The van der Waals surface area contributed by atoms with E-state index in [2.05, 4.69) is 15.6 Å². The van der Waals surface area contributed by atoms with Crippen molar-refractivity contribution in [2.45, 2.75) is 13.0 Å². The minimum Gasteiger partial charge on any atom is -0.494 e. The lowest BCUT2D eigenvalue weighted by molar-refractivity contribution is 0.0827. The van der Waals surface area contributed by atoms with E-state index in [-0.39, 0.29) is 5.91 Å². The highest BCUT2D eigenvalue weighted by molar-refractivity contribution is 5.93. The van der Waals surface area contributed by atoms with Crippen LogP contribution in [0.3, 0.4) is 0 Å². The predicted molar refractivity (Wildman–Crippen MR) is 109 cm³/mol. The van der Waals surface area contributed by atoms with Crippen molar-refractivity contribution in [3.8, 4) is 5.75 Å². The van der Waals surface area contributed by atoms with Crippen molar-refractivity contribution >= 4 is 11.9 Å². The number of para-hydroxylation sites is 1. The first-order valence-electron chi connectivity index (χ1n) is 9.03. The lowest BCUT2D eigenvalue weighted by Crippen LogP contribution is -2.37. The predicted octanol–water partition coefficient (Wildman–Crippen LogP) is 2.52. The molecule has 6 nitrogen and oxygen atoms in total. The van der Waals surface area contributed by atoms with Gasteiger partial charge in [-0.2, -0.15) is 0 Å². The Kier molecular flexibility index (Phi) is 8.16. The Hall–Kier alpha value is -3.02. The van der Waals surface area contributed by atoms with Gasteiger partial charge in [-0.15, -0.1) is 0 Å². The van der Waals surface area contributed by atoms with Gasteiger partial charge >= 0.3 is 0 Å². The van der Waals surface area contributed by atoms with Crippen molar-refractivity contribution in [2.75, 3.05) is 34.3 Å². The summed E-state index contributed by atoms with van der Waals surface area (Å²) < 4.78 is 5.67. The molecule has 0 radical (unpaired) electrons. The average Bonchev–Trinajstić information content (AvgIpc) is 2.70. The van der Waals surface area contributed by atoms with Crippen LogP contribution in [0.1, 0.15) is 22.3 Å². The third-order valence-corrected chi connectivity index (χ3v) is 3.92. The molecule has 0 aromatic heterocycles. The van der Waals surface area contributed by atoms with E-state index in [1.165, 1.54) is 0 Å².